The molecule has 200 valence electrons. The summed E-state index contributed by atoms with van der Waals surface area (Å²) in [7, 11) is -4.02. The number of benzene rings is 2. The lowest BCUT2D eigenvalue weighted by Crippen LogP contribution is -2.39. The van der Waals surface area contributed by atoms with E-state index < -0.39 is 39.1 Å². The number of hydrogen-bond donors (Lipinski definition) is 1. The van der Waals surface area contributed by atoms with E-state index in [-0.39, 0.29) is 40.6 Å². The fourth-order valence-corrected chi connectivity index (χ4v) is 6.29. The highest BCUT2D eigenvalue weighted by atomic mass is 32.2. The van der Waals surface area contributed by atoms with E-state index in [0.29, 0.717) is 18.9 Å². The highest BCUT2D eigenvalue weighted by Crippen LogP contribution is 2.41. The highest BCUT2D eigenvalue weighted by Gasteiger charge is 2.38. The predicted octanol–water partition coefficient (Wildman–Crippen LogP) is 6.01. The third-order valence-corrected chi connectivity index (χ3v) is 8.14. The fourth-order valence-electron chi connectivity index (χ4n) is 4.71. The molecule has 1 fully saturated rings. The van der Waals surface area contributed by atoms with Gasteiger partial charge in [0.1, 0.15) is 12.7 Å². The molecule has 0 saturated heterocycles. The molecule has 2 unspecified atom stereocenters. The molecule has 1 N–H and O–H groups in total. The van der Waals surface area contributed by atoms with E-state index in [2.05, 4.69) is 14.9 Å². The molecule has 1 aliphatic rings. The molecule has 0 spiro atoms. The van der Waals surface area contributed by atoms with Gasteiger partial charge in [0.05, 0.1) is 16.0 Å². The molecule has 0 bridgehead atoms. The Labute approximate surface area is 209 Å². The SMILES string of the molecule is CCc1cc(-c2ccc(C(F)(F)F)cc2C(F)(F)F)ccc1S(=O)(=O)NC1CCCC(n2cnnc2)C1. The lowest BCUT2D eigenvalue weighted by atomic mass is 9.91. The molecular formula is C24H24F6N4O2S. The monoisotopic (exact) mass is 546 g/mol. The summed E-state index contributed by atoms with van der Waals surface area (Å²) < 4.78 is 111. The molecule has 0 radical (unpaired) electrons. The van der Waals surface area contributed by atoms with Crippen molar-refractivity contribution in [1.29, 1.82) is 0 Å². The van der Waals surface area contributed by atoms with Gasteiger partial charge in [-0.2, -0.15) is 26.3 Å². The molecular weight excluding hydrogens is 522 g/mol. The number of hydrogen-bond acceptors (Lipinski definition) is 4. The lowest BCUT2D eigenvalue weighted by molar-refractivity contribution is -0.142. The van der Waals surface area contributed by atoms with Crippen molar-refractivity contribution in [1.82, 2.24) is 19.5 Å². The smallest absolute Gasteiger partial charge is 0.317 e. The average molecular weight is 547 g/mol. The average Bonchev–Trinajstić information content (AvgIpc) is 3.37. The van der Waals surface area contributed by atoms with Gasteiger partial charge in [-0.05, 0) is 73.1 Å². The normalized spacial score (nSPS) is 19.2. The first-order valence-electron chi connectivity index (χ1n) is 11.6. The van der Waals surface area contributed by atoms with Crippen molar-refractivity contribution in [3.63, 3.8) is 0 Å². The second-order valence-corrected chi connectivity index (χ2v) is 10.7. The molecule has 3 aromatic rings. The second-order valence-electron chi connectivity index (χ2n) is 8.98. The lowest BCUT2D eigenvalue weighted by Gasteiger charge is -2.30. The van der Waals surface area contributed by atoms with Crippen molar-refractivity contribution in [3.05, 3.63) is 65.7 Å². The third-order valence-electron chi connectivity index (χ3n) is 6.52. The van der Waals surface area contributed by atoms with Crippen LogP contribution in [0.25, 0.3) is 11.1 Å². The molecule has 2 atom stereocenters. The zero-order valence-corrected chi connectivity index (χ0v) is 20.5. The van der Waals surface area contributed by atoms with Crippen LogP contribution in [0.5, 0.6) is 0 Å². The minimum absolute atomic E-state index is 0.0258. The van der Waals surface area contributed by atoms with Crippen LogP contribution in [-0.4, -0.2) is 29.2 Å². The van der Waals surface area contributed by atoms with Crippen LogP contribution in [0.4, 0.5) is 26.3 Å². The van der Waals surface area contributed by atoms with Crippen molar-refractivity contribution in [2.45, 2.75) is 68.4 Å². The van der Waals surface area contributed by atoms with E-state index in [1.807, 2.05) is 4.57 Å². The Morgan fingerprint density at radius 3 is 2.30 bits per heavy atom. The van der Waals surface area contributed by atoms with Gasteiger partial charge in [-0.15, -0.1) is 10.2 Å². The first-order chi connectivity index (χ1) is 17.3. The van der Waals surface area contributed by atoms with Crippen LogP contribution in [0.1, 0.15) is 55.3 Å². The molecule has 4 rings (SSSR count). The van der Waals surface area contributed by atoms with E-state index in [4.69, 9.17) is 0 Å². The van der Waals surface area contributed by atoms with E-state index in [0.717, 1.165) is 18.9 Å². The molecule has 1 aliphatic carbocycles. The molecule has 1 heterocycles. The van der Waals surface area contributed by atoms with E-state index in [9.17, 15) is 34.8 Å². The summed E-state index contributed by atoms with van der Waals surface area (Å²) in [4.78, 5) is -0.0781. The Kier molecular flexibility index (Phi) is 7.39. The van der Waals surface area contributed by atoms with Gasteiger partial charge >= 0.3 is 12.4 Å². The minimum atomic E-state index is -5.04. The standard InChI is InChI=1S/C24H24F6N4O2S/c1-2-15-10-16(20-8-7-17(23(25,26)27)11-21(20)24(28,29)30)6-9-22(15)37(35,36)33-18-4-3-5-19(12-18)34-13-31-32-14-34/h6-11,13-14,18-19,33H,2-5,12H2,1H3. The van der Waals surface area contributed by atoms with Gasteiger partial charge in [0.2, 0.25) is 10.0 Å². The van der Waals surface area contributed by atoms with Gasteiger partial charge in [0.25, 0.3) is 0 Å². The van der Waals surface area contributed by atoms with Gasteiger partial charge in [-0.1, -0.05) is 19.1 Å². The van der Waals surface area contributed by atoms with Crippen molar-refractivity contribution in [2.75, 3.05) is 0 Å². The summed E-state index contributed by atoms with van der Waals surface area (Å²) >= 11 is 0. The second kappa shape index (κ2) is 10.1. The van der Waals surface area contributed by atoms with Crippen molar-refractivity contribution < 1.29 is 34.8 Å². The molecule has 1 saturated carbocycles. The topological polar surface area (TPSA) is 76.9 Å². The fraction of sp³-hybridized carbons (Fsp3) is 0.417. The van der Waals surface area contributed by atoms with Gasteiger partial charge in [0, 0.05) is 12.1 Å². The van der Waals surface area contributed by atoms with Crippen LogP contribution < -0.4 is 4.72 Å². The number of nitrogens with one attached hydrogen (secondary N) is 1. The van der Waals surface area contributed by atoms with Crippen LogP contribution in [-0.2, 0) is 28.8 Å². The number of halogens is 6. The number of aryl methyl sites for hydroxylation is 1. The Bertz CT molecular complexity index is 1350. The summed E-state index contributed by atoms with van der Waals surface area (Å²) in [6.07, 6.45) is -3.88. The first kappa shape index (κ1) is 27.1. The number of aromatic nitrogens is 3. The van der Waals surface area contributed by atoms with Crippen LogP contribution in [0.15, 0.2) is 53.9 Å². The number of rotatable bonds is 6. The van der Waals surface area contributed by atoms with Crippen LogP contribution in [0, 0.1) is 0 Å². The van der Waals surface area contributed by atoms with Crippen molar-refractivity contribution in [3.8, 4) is 11.1 Å². The maximum atomic E-state index is 13.7. The van der Waals surface area contributed by atoms with E-state index in [1.54, 1.807) is 19.6 Å². The van der Waals surface area contributed by atoms with Crippen LogP contribution in [0.2, 0.25) is 0 Å². The molecule has 37 heavy (non-hydrogen) atoms. The quantitative estimate of drug-likeness (QED) is 0.385. The number of nitrogens with zero attached hydrogens (tertiary/aromatic N) is 3. The summed E-state index contributed by atoms with van der Waals surface area (Å²) in [6, 6.07) is 4.76. The van der Waals surface area contributed by atoms with Gasteiger partial charge in [-0.3, -0.25) is 0 Å². The van der Waals surface area contributed by atoms with Crippen molar-refractivity contribution >= 4 is 10.0 Å². The van der Waals surface area contributed by atoms with Gasteiger partial charge in [0.15, 0.2) is 0 Å². The highest BCUT2D eigenvalue weighted by molar-refractivity contribution is 7.89. The number of alkyl halides is 6. The Morgan fingerprint density at radius 1 is 0.973 bits per heavy atom. The van der Waals surface area contributed by atoms with Crippen LogP contribution in [0.3, 0.4) is 0 Å². The Hall–Kier alpha value is -2.93. The largest absolute Gasteiger partial charge is 0.417 e. The first-order valence-corrected chi connectivity index (χ1v) is 13.1. The Balaban J connectivity index is 1.64. The molecule has 6 nitrogen and oxygen atoms in total. The summed E-state index contributed by atoms with van der Waals surface area (Å²) in [5.41, 5.74) is -3.09. The summed E-state index contributed by atoms with van der Waals surface area (Å²) in [5.74, 6) is 0. The Morgan fingerprint density at radius 2 is 1.68 bits per heavy atom. The van der Waals surface area contributed by atoms with E-state index in [1.165, 1.54) is 18.2 Å². The zero-order valence-electron chi connectivity index (χ0n) is 19.6. The molecule has 0 aliphatic heterocycles. The zero-order chi connectivity index (χ0) is 27.0. The minimum Gasteiger partial charge on any atom is -0.317 e. The predicted molar refractivity (Wildman–Crippen MR) is 123 cm³/mol. The van der Waals surface area contributed by atoms with E-state index >= 15 is 0 Å². The summed E-state index contributed by atoms with van der Waals surface area (Å²) in [6.45, 7) is 1.65. The molecule has 13 heteroatoms. The number of sulfonamides is 1. The molecule has 2 aromatic carbocycles. The molecule has 0 amide bonds. The van der Waals surface area contributed by atoms with Gasteiger partial charge < -0.3 is 4.57 Å². The third kappa shape index (κ3) is 5.98. The van der Waals surface area contributed by atoms with Crippen molar-refractivity contribution in [2.24, 2.45) is 0 Å². The maximum absolute atomic E-state index is 13.7. The van der Waals surface area contributed by atoms with Crippen LogP contribution >= 0.6 is 0 Å². The maximum Gasteiger partial charge on any atom is 0.417 e. The molecule has 1 aromatic heterocycles. The van der Waals surface area contributed by atoms with Gasteiger partial charge in [-0.25, -0.2) is 13.1 Å². The summed E-state index contributed by atoms with van der Waals surface area (Å²) in [5, 5.41) is 7.57.